The number of carbonyl (C=O) groups excluding carboxylic acids is 2. The summed E-state index contributed by atoms with van der Waals surface area (Å²) in [5.74, 6) is -0.0632. The van der Waals surface area contributed by atoms with E-state index in [-0.39, 0.29) is 5.91 Å². The number of amides is 2. The molecule has 1 heterocycles. The molecule has 1 aliphatic heterocycles. The SMILES string of the molecule is CC(C)CCCCCCNC(=O)C(=O)N1CCNCC1. The van der Waals surface area contributed by atoms with Gasteiger partial charge in [0.2, 0.25) is 0 Å². The van der Waals surface area contributed by atoms with Crippen LogP contribution in [0.2, 0.25) is 0 Å². The lowest BCUT2D eigenvalue weighted by atomic mass is 10.0. The van der Waals surface area contributed by atoms with Gasteiger partial charge in [-0.05, 0) is 12.3 Å². The van der Waals surface area contributed by atoms with Gasteiger partial charge in [-0.2, -0.15) is 0 Å². The van der Waals surface area contributed by atoms with Gasteiger partial charge in [0.15, 0.2) is 0 Å². The fourth-order valence-corrected chi connectivity index (χ4v) is 2.32. The molecule has 0 bridgehead atoms. The molecule has 0 aromatic rings. The average molecular weight is 283 g/mol. The predicted octanol–water partition coefficient (Wildman–Crippen LogP) is 1.14. The lowest BCUT2D eigenvalue weighted by Crippen LogP contribution is -2.51. The number of nitrogens with zero attached hydrogens (tertiary/aromatic N) is 1. The Balaban J connectivity index is 2.03. The summed E-state index contributed by atoms with van der Waals surface area (Å²) in [6, 6.07) is 0. The average Bonchev–Trinajstić information content (AvgIpc) is 2.45. The first-order chi connectivity index (χ1) is 9.61. The molecule has 116 valence electrons. The van der Waals surface area contributed by atoms with Crippen LogP contribution in [-0.4, -0.2) is 49.4 Å². The van der Waals surface area contributed by atoms with Crippen LogP contribution in [0.15, 0.2) is 0 Å². The standard InChI is InChI=1S/C15H29N3O2/c1-13(2)7-5-3-4-6-8-17-14(19)15(20)18-11-9-16-10-12-18/h13,16H,3-12H2,1-2H3,(H,17,19). The molecule has 0 radical (unpaired) electrons. The van der Waals surface area contributed by atoms with Crippen LogP contribution in [0.1, 0.15) is 46.0 Å². The Bertz CT molecular complexity index is 299. The molecule has 1 rings (SSSR count). The first-order valence-corrected chi connectivity index (χ1v) is 7.89. The highest BCUT2D eigenvalue weighted by molar-refractivity contribution is 6.35. The summed E-state index contributed by atoms with van der Waals surface area (Å²) >= 11 is 0. The first kappa shape index (κ1) is 17.0. The van der Waals surface area contributed by atoms with Crippen molar-refractivity contribution >= 4 is 11.8 Å². The molecule has 1 aliphatic rings. The van der Waals surface area contributed by atoms with Crippen LogP contribution < -0.4 is 10.6 Å². The summed E-state index contributed by atoms with van der Waals surface area (Å²) in [4.78, 5) is 25.1. The van der Waals surface area contributed by atoms with Crippen LogP contribution in [0.3, 0.4) is 0 Å². The van der Waals surface area contributed by atoms with Crippen LogP contribution in [0.25, 0.3) is 0 Å². The third-order valence-corrected chi connectivity index (χ3v) is 3.59. The van der Waals surface area contributed by atoms with Crippen LogP contribution in [0.4, 0.5) is 0 Å². The van der Waals surface area contributed by atoms with Gasteiger partial charge < -0.3 is 15.5 Å². The van der Waals surface area contributed by atoms with E-state index in [2.05, 4.69) is 24.5 Å². The molecule has 0 aliphatic carbocycles. The Morgan fingerprint density at radius 1 is 1.10 bits per heavy atom. The van der Waals surface area contributed by atoms with Gasteiger partial charge in [0, 0.05) is 32.7 Å². The number of carbonyl (C=O) groups is 2. The molecule has 0 spiro atoms. The number of hydrogen-bond donors (Lipinski definition) is 2. The molecular formula is C15H29N3O2. The minimum Gasteiger partial charge on any atom is -0.348 e. The van der Waals surface area contributed by atoms with E-state index < -0.39 is 5.91 Å². The van der Waals surface area contributed by atoms with Crippen molar-refractivity contribution in [2.24, 2.45) is 5.92 Å². The Labute approximate surface area is 122 Å². The van der Waals surface area contributed by atoms with Crippen LogP contribution in [-0.2, 0) is 9.59 Å². The van der Waals surface area contributed by atoms with Gasteiger partial charge in [-0.1, -0.05) is 39.5 Å². The van der Waals surface area contributed by atoms with Crippen molar-refractivity contribution in [2.45, 2.75) is 46.0 Å². The minimum atomic E-state index is -0.450. The summed E-state index contributed by atoms with van der Waals surface area (Å²) in [5, 5.41) is 5.89. The molecule has 5 heteroatoms. The van der Waals surface area contributed by atoms with Crippen molar-refractivity contribution in [1.82, 2.24) is 15.5 Å². The summed E-state index contributed by atoms with van der Waals surface area (Å²) in [5.41, 5.74) is 0. The Hall–Kier alpha value is -1.10. The van der Waals surface area contributed by atoms with E-state index in [1.165, 1.54) is 19.3 Å². The van der Waals surface area contributed by atoms with Crippen molar-refractivity contribution < 1.29 is 9.59 Å². The normalized spacial score (nSPS) is 15.4. The molecule has 0 aromatic carbocycles. The fourth-order valence-electron chi connectivity index (χ4n) is 2.32. The van der Waals surface area contributed by atoms with Crippen molar-refractivity contribution in [3.8, 4) is 0 Å². The van der Waals surface area contributed by atoms with Gasteiger partial charge in [0.05, 0.1) is 0 Å². The van der Waals surface area contributed by atoms with Crippen molar-refractivity contribution in [3.63, 3.8) is 0 Å². The number of rotatable bonds is 7. The van der Waals surface area contributed by atoms with Gasteiger partial charge in [0.25, 0.3) is 0 Å². The lowest BCUT2D eigenvalue weighted by molar-refractivity contribution is -0.146. The van der Waals surface area contributed by atoms with Crippen LogP contribution in [0, 0.1) is 5.92 Å². The van der Waals surface area contributed by atoms with E-state index in [0.717, 1.165) is 31.8 Å². The van der Waals surface area contributed by atoms with Crippen molar-refractivity contribution in [1.29, 1.82) is 0 Å². The minimum absolute atomic E-state index is 0.383. The number of hydrogen-bond acceptors (Lipinski definition) is 3. The summed E-state index contributed by atoms with van der Waals surface area (Å²) in [6.45, 7) is 7.88. The highest BCUT2D eigenvalue weighted by Gasteiger charge is 2.22. The lowest BCUT2D eigenvalue weighted by Gasteiger charge is -2.26. The quantitative estimate of drug-likeness (QED) is 0.544. The van der Waals surface area contributed by atoms with Crippen molar-refractivity contribution in [3.05, 3.63) is 0 Å². The molecule has 5 nitrogen and oxygen atoms in total. The topological polar surface area (TPSA) is 61.4 Å². The summed E-state index contributed by atoms with van der Waals surface area (Å²) < 4.78 is 0. The fraction of sp³-hybridized carbons (Fsp3) is 0.867. The Morgan fingerprint density at radius 2 is 1.75 bits per heavy atom. The van der Waals surface area contributed by atoms with Crippen LogP contribution in [0.5, 0.6) is 0 Å². The highest BCUT2D eigenvalue weighted by atomic mass is 16.2. The monoisotopic (exact) mass is 283 g/mol. The van der Waals surface area contributed by atoms with Crippen LogP contribution >= 0.6 is 0 Å². The van der Waals surface area contributed by atoms with Gasteiger partial charge in [-0.3, -0.25) is 9.59 Å². The van der Waals surface area contributed by atoms with E-state index in [1.807, 2.05) is 0 Å². The predicted molar refractivity (Wildman–Crippen MR) is 80.4 cm³/mol. The summed E-state index contributed by atoms with van der Waals surface area (Å²) in [6.07, 6.45) is 5.81. The van der Waals surface area contributed by atoms with Gasteiger partial charge in [-0.15, -0.1) is 0 Å². The van der Waals surface area contributed by atoms with Crippen molar-refractivity contribution in [2.75, 3.05) is 32.7 Å². The zero-order valence-corrected chi connectivity index (χ0v) is 12.9. The van der Waals surface area contributed by atoms with Gasteiger partial charge in [-0.25, -0.2) is 0 Å². The van der Waals surface area contributed by atoms with E-state index in [0.29, 0.717) is 19.6 Å². The third kappa shape index (κ3) is 6.89. The second kappa shape index (κ2) is 9.75. The molecule has 0 atom stereocenters. The number of unbranched alkanes of at least 4 members (excludes halogenated alkanes) is 3. The molecular weight excluding hydrogens is 254 g/mol. The first-order valence-electron chi connectivity index (χ1n) is 7.89. The Morgan fingerprint density at radius 3 is 2.40 bits per heavy atom. The molecule has 2 amide bonds. The van der Waals surface area contributed by atoms with Gasteiger partial charge >= 0.3 is 11.8 Å². The van der Waals surface area contributed by atoms with E-state index in [9.17, 15) is 9.59 Å². The zero-order valence-electron chi connectivity index (χ0n) is 12.9. The van der Waals surface area contributed by atoms with E-state index in [1.54, 1.807) is 4.90 Å². The third-order valence-electron chi connectivity index (χ3n) is 3.59. The largest absolute Gasteiger partial charge is 0.348 e. The molecule has 1 saturated heterocycles. The maximum Gasteiger partial charge on any atom is 0.311 e. The number of piperazine rings is 1. The van der Waals surface area contributed by atoms with E-state index >= 15 is 0 Å². The Kier molecular flexibility index (Phi) is 8.26. The molecule has 0 aromatic heterocycles. The maximum atomic E-state index is 11.8. The molecule has 2 N–H and O–H groups in total. The molecule has 1 fully saturated rings. The summed E-state index contributed by atoms with van der Waals surface area (Å²) in [7, 11) is 0. The molecule has 0 unspecified atom stereocenters. The maximum absolute atomic E-state index is 11.8. The smallest absolute Gasteiger partial charge is 0.311 e. The molecule has 20 heavy (non-hydrogen) atoms. The number of nitrogens with one attached hydrogen (secondary N) is 2. The van der Waals surface area contributed by atoms with Gasteiger partial charge in [0.1, 0.15) is 0 Å². The van der Waals surface area contributed by atoms with E-state index in [4.69, 9.17) is 0 Å². The highest BCUT2D eigenvalue weighted by Crippen LogP contribution is 2.08. The molecule has 0 saturated carbocycles. The zero-order chi connectivity index (χ0) is 14.8. The second-order valence-corrected chi connectivity index (χ2v) is 5.89. The second-order valence-electron chi connectivity index (χ2n) is 5.89.